The number of hydrogen-bond acceptors (Lipinski definition) is 6. The van der Waals surface area contributed by atoms with E-state index < -0.39 is 16.9 Å². The van der Waals surface area contributed by atoms with Crippen LogP contribution >= 0.6 is 0 Å². The van der Waals surface area contributed by atoms with Crippen molar-refractivity contribution in [3.8, 4) is 34.3 Å². The van der Waals surface area contributed by atoms with Crippen LogP contribution in [0.3, 0.4) is 0 Å². The summed E-state index contributed by atoms with van der Waals surface area (Å²) in [7, 11) is 1.24. The third-order valence-electron chi connectivity index (χ3n) is 3.59. The molecular weight excluding hydrogens is 300 g/mol. The van der Waals surface area contributed by atoms with Gasteiger partial charge in [-0.05, 0) is 6.92 Å². The number of hydrogen-bond donors (Lipinski definition) is 3. The van der Waals surface area contributed by atoms with Gasteiger partial charge in [-0.15, -0.1) is 0 Å². The van der Waals surface area contributed by atoms with Crippen LogP contribution in [0.4, 0.5) is 0 Å². The van der Waals surface area contributed by atoms with Gasteiger partial charge in [-0.25, -0.2) is 0 Å². The van der Waals surface area contributed by atoms with Crippen LogP contribution < -0.4 is 10.2 Å². The predicted molar refractivity (Wildman–Crippen MR) is 84.2 cm³/mol. The van der Waals surface area contributed by atoms with Crippen LogP contribution in [0.1, 0.15) is 5.56 Å². The molecule has 0 aliphatic heterocycles. The van der Waals surface area contributed by atoms with Crippen LogP contribution in [-0.4, -0.2) is 22.4 Å². The van der Waals surface area contributed by atoms with Crippen molar-refractivity contribution in [2.24, 2.45) is 0 Å². The van der Waals surface area contributed by atoms with Crippen LogP contribution in [-0.2, 0) is 0 Å². The molecule has 3 aromatic rings. The number of phenolic OH excluding ortho intramolecular Hbond substituents is 2. The van der Waals surface area contributed by atoms with E-state index in [1.807, 2.05) is 19.1 Å². The molecule has 118 valence electrons. The molecule has 0 saturated heterocycles. The molecule has 0 radical (unpaired) electrons. The number of methoxy groups -OCH3 is 1. The quantitative estimate of drug-likeness (QED) is 0.672. The molecule has 6 heteroatoms. The molecule has 23 heavy (non-hydrogen) atoms. The maximum atomic E-state index is 12.4. The molecule has 0 aliphatic rings. The molecule has 0 amide bonds. The number of aryl methyl sites for hydroxylation is 1. The van der Waals surface area contributed by atoms with Crippen LogP contribution in [0, 0.1) is 6.92 Å². The summed E-state index contributed by atoms with van der Waals surface area (Å²) < 4.78 is 10.4. The van der Waals surface area contributed by atoms with Crippen LogP contribution in [0.15, 0.2) is 39.5 Å². The first-order valence-corrected chi connectivity index (χ1v) is 6.79. The zero-order valence-electron chi connectivity index (χ0n) is 12.5. The number of rotatable bonds is 2. The maximum absolute atomic E-state index is 12.4. The lowest BCUT2D eigenvalue weighted by Crippen LogP contribution is -2.03. The van der Waals surface area contributed by atoms with Gasteiger partial charge in [0.1, 0.15) is 11.0 Å². The number of benzene rings is 2. The molecule has 0 atom stereocenters. The second-order valence-corrected chi connectivity index (χ2v) is 5.13. The highest BCUT2D eigenvalue weighted by Gasteiger charge is 2.22. The normalized spacial score (nSPS) is 10.9. The summed E-state index contributed by atoms with van der Waals surface area (Å²) >= 11 is 0. The molecule has 1 aromatic heterocycles. The van der Waals surface area contributed by atoms with E-state index in [4.69, 9.17) is 9.15 Å². The first kappa shape index (κ1) is 14.8. The van der Waals surface area contributed by atoms with E-state index in [0.29, 0.717) is 5.56 Å². The van der Waals surface area contributed by atoms with E-state index in [0.717, 1.165) is 11.6 Å². The minimum atomic E-state index is -0.808. The third-order valence-corrected chi connectivity index (χ3v) is 3.59. The van der Waals surface area contributed by atoms with Gasteiger partial charge >= 0.3 is 0 Å². The van der Waals surface area contributed by atoms with Crippen molar-refractivity contribution in [2.75, 3.05) is 7.11 Å². The summed E-state index contributed by atoms with van der Waals surface area (Å²) in [6.45, 7) is 1.91. The van der Waals surface area contributed by atoms with Gasteiger partial charge in [-0.1, -0.05) is 29.8 Å². The lowest BCUT2D eigenvalue weighted by Gasteiger charge is -2.10. The molecule has 0 bridgehead atoms. The lowest BCUT2D eigenvalue weighted by molar-refractivity contribution is 0.346. The van der Waals surface area contributed by atoms with Crippen LogP contribution in [0.5, 0.6) is 23.0 Å². The highest BCUT2D eigenvalue weighted by molar-refractivity contribution is 5.91. The molecule has 0 saturated carbocycles. The van der Waals surface area contributed by atoms with Gasteiger partial charge in [-0.2, -0.15) is 0 Å². The Balaban J connectivity index is 2.38. The molecule has 3 rings (SSSR count). The van der Waals surface area contributed by atoms with Gasteiger partial charge in [0.2, 0.25) is 16.9 Å². The fraction of sp³-hybridized carbons (Fsp3) is 0.118. The van der Waals surface area contributed by atoms with E-state index in [1.165, 1.54) is 7.11 Å². The molecule has 2 aromatic carbocycles. The zero-order chi connectivity index (χ0) is 16.7. The highest BCUT2D eigenvalue weighted by atomic mass is 16.5. The van der Waals surface area contributed by atoms with Gasteiger partial charge in [0.15, 0.2) is 17.3 Å². The number of phenols is 2. The Bertz CT molecular complexity index is 954. The van der Waals surface area contributed by atoms with Gasteiger partial charge < -0.3 is 24.5 Å². The van der Waals surface area contributed by atoms with E-state index in [1.54, 1.807) is 12.1 Å². The van der Waals surface area contributed by atoms with Crippen molar-refractivity contribution in [2.45, 2.75) is 6.92 Å². The highest BCUT2D eigenvalue weighted by Crippen LogP contribution is 2.42. The monoisotopic (exact) mass is 314 g/mol. The van der Waals surface area contributed by atoms with Gasteiger partial charge in [0.25, 0.3) is 0 Å². The van der Waals surface area contributed by atoms with Crippen molar-refractivity contribution in [1.29, 1.82) is 0 Å². The summed E-state index contributed by atoms with van der Waals surface area (Å²) in [6, 6.07) is 8.17. The molecule has 0 unspecified atom stereocenters. The maximum Gasteiger partial charge on any atom is 0.238 e. The SMILES string of the molecule is COc1c(O)cc2oc(-c3ccc(C)cc3)c(O)c(=O)c2c1O. The number of fused-ring (bicyclic) bond motifs is 1. The van der Waals surface area contributed by atoms with Gasteiger partial charge in [0, 0.05) is 11.6 Å². The Morgan fingerprint density at radius 3 is 2.30 bits per heavy atom. The number of ether oxygens (including phenoxy) is 1. The molecule has 6 nitrogen and oxygen atoms in total. The summed E-state index contributed by atoms with van der Waals surface area (Å²) in [6.07, 6.45) is 0. The minimum absolute atomic E-state index is 0.0357. The summed E-state index contributed by atoms with van der Waals surface area (Å²) in [5, 5.41) is 29.8. The Morgan fingerprint density at radius 1 is 1.04 bits per heavy atom. The van der Waals surface area contributed by atoms with Crippen molar-refractivity contribution in [3.05, 3.63) is 46.1 Å². The zero-order valence-corrected chi connectivity index (χ0v) is 12.5. The van der Waals surface area contributed by atoms with Crippen LogP contribution in [0.2, 0.25) is 0 Å². The smallest absolute Gasteiger partial charge is 0.238 e. The standard InChI is InChI=1S/C17H14O6/c1-8-3-5-9(6-4-8)16-15(21)13(19)12-11(23-16)7-10(18)17(22-2)14(12)20/h3-7,18,20-21H,1-2H3. The van der Waals surface area contributed by atoms with E-state index in [-0.39, 0.29) is 28.2 Å². The van der Waals surface area contributed by atoms with Crippen LogP contribution in [0.25, 0.3) is 22.3 Å². The molecule has 0 fully saturated rings. The first-order valence-electron chi connectivity index (χ1n) is 6.79. The van der Waals surface area contributed by atoms with Crippen molar-refractivity contribution in [1.82, 2.24) is 0 Å². The average Bonchev–Trinajstić information content (AvgIpc) is 2.52. The Hall–Kier alpha value is -3.15. The Kier molecular flexibility index (Phi) is 3.37. The van der Waals surface area contributed by atoms with Crippen molar-refractivity contribution < 1.29 is 24.5 Å². The van der Waals surface area contributed by atoms with E-state index in [9.17, 15) is 20.1 Å². The third kappa shape index (κ3) is 2.24. The van der Waals surface area contributed by atoms with Crippen molar-refractivity contribution >= 4 is 11.0 Å². The molecule has 0 spiro atoms. The Labute approximate surface area is 130 Å². The summed E-state index contributed by atoms with van der Waals surface area (Å²) in [5.74, 6) is -1.87. The molecule has 0 aliphatic carbocycles. The fourth-order valence-electron chi connectivity index (χ4n) is 2.39. The minimum Gasteiger partial charge on any atom is -0.504 e. The van der Waals surface area contributed by atoms with Gasteiger partial charge in [0.05, 0.1) is 7.11 Å². The van der Waals surface area contributed by atoms with Crippen molar-refractivity contribution in [3.63, 3.8) is 0 Å². The van der Waals surface area contributed by atoms with E-state index >= 15 is 0 Å². The second kappa shape index (κ2) is 5.24. The predicted octanol–water partition coefficient (Wildman–Crippen LogP) is 2.89. The second-order valence-electron chi connectivity index (χ2n) is 5.13. The lowest BCUT2D eigenvalue weighted by atomic mass is 10.1. The van der Waals surface area contributed by atoms with Gasteiger partial charge in [-0.3, -0.25) is 4.79 Å². The fourth-order valence-corrected chi connectivity index (χ4v) is 2.39. The molecule has 1 heterocycles. The molecule has 3 N–H and O–H groups in total. The number of aromatic hydroxyl groups is 3. The topological polar surface area (TPSA) is 100 Å². The molecular formula is C17H14O6. The first-order chi connectivity index (χ1) is 10.9. The largest absolute Gasteiger partial charge is 0.504 e. The van der Waals surface area contributed by atoms with E-state index in [2.05, 4.69) is 0 Å². The summed E-state index contributed by atoms with van der Waals surface area (Å²) in [5.41, 5.74) is 0.648. The summed E-state index contributed by atoms with van der Waals surface area (Å²) in [4.78, 5) is 12.4. The Morgan fingerprint density at radius 2 is 1.70 bits per heavy atom. The average molecular weight is 314 g/mol.